The summed E-state index contributed by atoms with van der Waals surface area (Å²) in [6.07, 6.45) is 7.34. The monoisotopic (exact) mass is 533 g/mol. The predicted octanol–water partition coefficient (Wildman–Crippen LogP) is 6.38. The molecule has 4 rings (SSSR count). The van der Waals surface area contributed by atoms with E-state index in [4.69, 9.17) is 19.1 Å². The van der Waals surface area contributed by atoms with Crippen molar-refractivity contribution in [3.8, 4) is 0 Å². The maximum Gasteiger partial charge on any atom is 0.225 e. The molecule has 3 unspecified atom stereocenters. The van der Waals surface area contributed by atoms with Crippen LogP contribution < -0.4 is 4.90 Å². The number of hydrogen-bond donors (Lipinski definition) is 0. The Labute approximate surface area is 229 Å². The Kier molecular flexibility index (Phi) is 18.8. The van der Waals surface area contributed by atoms with Crippen molar-refractivity contribution >= 4 is 19.5 Å². The predicted molar refractivity (Wildman–Crippen MR) is 152 cm³/mol. The Morgan fingerprint density at radius 3 is 2.16 bits per heavy atom. The maximum absolute atomic E-state index is 13.9. The van der Waals surface area contributed by atoms with Crippen LogP contribution in [-0.2, 0) is 25.7 Å². The second-order valence-electron chi connectivity index (χ2n) is 8.79. The van der Waals surface area contributed by atoms with Crippen LogP contribution in [0.5, 0.6) is 0 Å². The number of carbonyl (C=O) groups is 2. The summed E-state index contributed by atoms with van der Waals surface area (Å²) >= 11 is 0. The fraction of sp³-hybridized carbons (Fsp3) is 0.600. The van der Waals surface area contributed by atoms with Crippen molar-refractivity contribution < 1.29 is 23.5 Å². The molecule has 7 nitrogen and oxygen atoms in total. The molecule has 1 aliphatic heterocycles. The Balaban J connectivity index is 0.00000157. The van der Waals surface area contributed by atoms with Crippen LogP contribution in [0.2, 0.25) is 0 Å². The van der Waals surface area contributed by atoms with Gasteiger partial charge in [-0.2, -0.15) is 0 Å². The molecule has 3 atom stereocenters. The highest BCUT2D eigenvalue weighted by molar-refractivity contribution is 5.31. The van der Waals surface area contributed by atoms with Crippen LogP contribution in [0.15, 0.2) is 30.6 Å². The molecule has 1 saturated heterocycles. The van der Waals surface area contributed by atoms with Crippen LogP contribution in [0.25, 0.3) is 0 Å². The van der Waals surface area contributed by atoms with Crippen LogP contribution >= 0.6 is 0 Å². The molecule has 1 aromatic carbocycles. The van der Waals surface area contributed by atoms with Crippen LogP contribution in [0.3, 0.4) is 0 Å². The van der Waals surface area contributed by atoms with Gasteiger partial charge in [-0.05, 0) is 62.5 Å². The molecule has 8 heteroatoms. The summed E-state index contributed by atoms with van der Waals surface area (Å²) in [5.41, 5.74) is 2.59. The van der Waals surface area contributed by atoms with Gasteiger partial charge in [0.2, 0.25) is 5.95 Å². The van der Waals surface area contributed by atoms with E-state index in [1.54, 1.807) is 13.2 Å². The lowest BCUT2D eigenvalue weighted by molar-refractivity contribution is -0.0987. The zero-order chi connectivity index (χ0) is 29.1. The van der Waals surface area contributed by atoms with Gasteiger partial charge in [-0.15, -0.1) is 0 Å². The zero-order valence-electron chi connectivity index (χ0n) is 24.4. The highest BCUT2D eigenvalue weighted by atomic mass is 19.1. The molecule has 2 aliphatic rings. The molecular formula is C30H48FN3O4. The highest BCUT2D eigenvalue weighted by Crippen LogP contribution is 2.48. The second kappa shape index (κ2) is 20.3. The van der Waals surface area contributed by atoms with Crippen molar-refractivity contribution in [2.24, 2.45) is 17.8 Å². The van der Waals surface area contributed by atoms with Crippen molar-refractivity contribution in [3.05, 3.63) is 53.1 Å². The molecule has 0 bridgehead atoms. The number of anilines is 1. The van der Waals surface area contributed by atoms with Gasteiger partial charge in [0.05, 0.1) is 19.3 Å². The first-order valence-electron chi connectivity index (χ1n) is 13.6. The first-order valence-corrected chi connectivity index (χ1v) is 13.6. The number of ether oxygens (including phenoxy) is 2. The summed E-state index contributed by atoms with van der Waals surface area (Å²) in [6.45, 7) is 19.0. The van der Waals surface area contributed by atoms with Gasteiger partial charge < -0.3 is 24.0 Å². The van der Waals surface area contributed by atoms with Gasteiger partial charge in [0.25, 0.3) is 0 Å². The topological polar surface area (TPSA) is 81.6 Å². The largest absolute Gasteiger partial charge is 0.377 e. The molecule has 1 aromatic heterocycles. The average Bonchev–Trinajstić information content (AvgIpc) is 3.78. The van der Waals surface area contributed by atoms with Crippen LogP contribution in [0.4, 0.5) is 10.3 Å². The number of rotatable bonds is 8. The zero-order valence-corrected chi connectivity index (χ0v) is 24.4. The molecule has 2 heterocycles. The number of aryl methyl sites for hydroxylation is 1. The van der Waals surface area contributed by atoms with Gasteiger partial charge in [-0.1, -0.05) is 39.8 Å². The van der Waals surface area contributed by atoms with Crippen molar-refractivity contribution in [3.63, 3.8) is 0 Å². The summed E-state index contributed by atoms with van der Waals surface area (Å²) in [5, 5.41) is 0. The number of piperidine rings is 1. The first-order chi connectivity index (χ1) is 18.5. The summed E-state index contributed by atoms with van der Waals surface area (Å²) < 4.78 is 25.1. The number of carbonyl (C=O) groups excluding carboxylic acids is 2. The van der Waals surface area contributed by atoms with E-state index in [-0.39, 0.29) is 11.9 Å². The van der Waals surface area contributed by atoms with Gasteiger partial charge in [-0.25, -0.2) is 14.4 Å². The van der Waals surface area contributed by atoms with Gasteiger partial charge in [0, 0.05) is 43.7 Å². The summed E-state index contributed by atoms with van der Waals surface area (Å²) in [7, 11) is 1.69. The number of nitrogens with zero attached hydrogens (tertiary/aromatic N) is 3. The van der Waals surface area contributed by atoms with E-state index in [1.165, 1.54) is 19.3 Å². The third kappa shape index (κ3) is 11.0. The van der Waals surface area contributed by atoms with Crippen LogP contribution in [0, 0.1) is 30.5 Å². The number of aromatic nitrogens is 2. The molecule has 1 saturated carbocycles. The van der Waals surface area contributed by atoms with Crippen molar-refractivity contribution in [1.29, 1.82) is 0 Å². The molecule has 214 valence electrons. The lowest BCUT2D eigenvalue weighted by Crippen LogP contribution is -2.35. The Morgan fingerprint density at radius 2 is 1.63 bits per heavy atom. The second-order valence-corrected chi connectivity index (χ2v) is 8.79. The van der Waals surface area contributed by atoms with E-state index < -0.39 is 0 Å². The Morgan fingerprint density at radius 1 is 1.05 bits per heavy atom. The molecule has 2 fully saturated rings. The van der Waals surface area contributed by atoms with E-state index in [9.17, 15) is 4.39 Å². The van der Waals surface area contributed by atoms with E-state index >= 15 is 0 Å². The summed E-state index contributed by atoms with van der Waals surface area (Å²) in [5.74, 6) is 2.78. The van der Waals surface area contributed by atoms with Gasteiger partial charge >= 0.3 is 0 Å². The van der Waals surface area contributed by atoms with Crippen molar-refractivity contribution in [1.82, 2.24) is 9.97 Å². The Hall–Kier alpha value is -2.71. The molecule has 0 radical (unpaired) electrons. The highest BCUT2D eigenvalue weighted by Gasteiger charge is 2.43. The van der Waals surface area contributed by atoms with Gasteiger partial charge in [0.15, 0.2) is 0 Å². The first kappa shape index (κ1) is 35.3. The van der Waals surface area contributed by atoms with E-state index in [2.05, 4.69) is 14.9 Å². The third-order valence-corrected chi connectivity index (χ3v) is 6.68. The average molecular weight is 534 g/mol. The fourth-order valence-corrected chi connectivity index (χ4v) is 4.50. The van der Waals surface area contributed by atoms with E-state index in [1.807, 2.05) is 79.6 Å². The molecular weight excluding hydrogens is 485 g/mol. The molecule has 0 spiro atoms. The minimum atomic E-state index is -0.165. The number of benzene rings is 1. The SMILES string of the molecule is C=O.C=O.CC.CC.COC(C)c1cnc(N2CCC(C3CC3COCc3ccc(C)cc3F)CC2)nc1. The minimum absolute atomic E-state index is 0.0151. The number of methoxy groups -OCH3 is 1. The smallest absolute Gasteiger partial charge is 0.225 e. The van der Waals surface area contributed by atoms with Crippen LogP contribution in [-0.4, -0.2) is 50.4 Å². The number of halogens is 1. The van der Waals surface area contributed by atoms with Gasteiger partial charge in [0.1, 0.15) is 19.4 Å². The number of hydrogen-bond acceptors (Lipinski definition) is 7. The van der Waals surface area contributed by atoms with Crippen molar-refractivity contribution in [2.45, 2.75) is 73.5 Å². The summed E-state index contributed by atoms with van der Waals surface area (Å²) in [4.78, 5) is 27.4. The quantitative estimate of drug-likeness (QED) is 0.389. The molecule has 0 amide bonds. The minimum Gasteiger partial charge on any atom is -0.377 e. The lowest BCUT2D eigenvalue weighted by Gasteiger charge is -2.32. The molecule has 1 aliphatic carbocycles. The molecule has 0 N–H and O–H groups in total. The van der Waals surface area contributed by atoms with Gasteiger partial charge in [-0.3, -0.25) is 0 Å². The van der Waals surface area contributed by atoms with E-state index in [0.717, 1.165) is 48.6 Å². The maximum atomic E-state index is 13.9. The Bertz CT molecular complexity index is 874. The fourth-order valence-electron chi connectivity index (χ4n) is 4.50. The normalized spacial score (nSPS) is 18.6. The lowest BCUT2D eigenvalue weighted by atomic mass is 9.91. The standard InChI is InChI=1S/C24H32FN3O2.2C2H6.2CH2O/c1-16-4-5-19(23(25)10-16)14-30-15-20-11-22(20)18-6-8-28(9-7-18)24-26-12-21(13-27-24)17(2)29-3;4*1-2/h4-5,10,12-13,17-18,20,22H,6-9,11,14-15H2,1-3H3;2*1-2H3;2*1H2. The third-order valence-electron chi connectivity index (χ3n) is 6.68. The van der Waals surface area contributed by atoms with Crippen LogP contribution in [0.1, 0.15) is 76.7 Å². The van der Waals surface area contributed by atoms with Crippen molar-refractivity contribution in [2.75, 3.05) is 31.7 Å². The molecule has 38 heavy (non-hydrogen) atoms. The molecule has 2 aromatic rings. The summed E-state index contributed by atoms with van der Waals surface area (Å²) in [6, 6.07) is 5.34. The van der Waals surface area contributed by atoms with E-state index in [0.29, 0.717) is 18.1 Å².